The average molecular weight is 280 g/mol. The summed E-state index contributed by atoms with van der Waals surface area (Å²) >= 11 is 0. The molecule has 1 saturated carbocycles. The highest BCUT2D eigenvalue weighted by molar-refractivity contribution is 5.68. The second-order valence-electron chi connectivity index (χ2n) is 5.18. The van der Waals surface area contributed by atoms with Crippen LogP contribution in [0.25, 0.3) is 0 Å². The second-order valence-corrected chi connectivity index (χ2v) is 5.18. The predicted octanol–water partition coefficient (Wildman–Crippen LogP) is 3.07. The Balaban J connectivity index is 2.21. The molecular weight excluding hydrogens is 260 g/mol. The van der Waals surface area contributed by atoms with E-state index >= 15 is 0 Å². The van der Waals surface area contributed by atoms with Gasteiger partial charge in [-0.1, -0.05) is 6.92 Å². The molecule has 0 heterocycles. The average Bonchev–Trinajstić information content (AvgIpc) is 3.28. The maximum Gasteiger partial charge on any atom is 0.296 e. The molecule has 6 heteroatoms. The van der Waals surface area contributed by atoms with Crippen LogP contribution in [0.15, 0.2) is 12.1 Å². The summed E-state index contributed by atoms with van der Waals surface area (Å²) in [4.78, 5) is 10.7. The third-order valence-corrected chi connectivity index (χ3v) is 3.74. The number of nitro benzene ring substituents is 1. The van der Waals surface area contributed by atoms with Crippen molar-refractivity contribution in [1.82, 2.24) is 0 Å². The van der Waals surface area contributed by atoms with Crippen molar-refractivity contribution in [2.24, 2.45) is 11.8 Å². The third kappa shape index (κ3) is 3.12. The zero-order valence-corrected chi connectivity index (χ0v) is 12.0. The number of anilines is 1. The first-order chi connectivity index (χ1) is 9.56. The van der Waals surface area contributed by atoms with Crippen molar-refractivity contribution >= 4 is 11.4 Å². The Bertz CT molecular complexity index is 500. The number of nitro groups is 1. The molecule has 1 N–H and O–H groups in total. The standard InChI is InChI=1S/C14H20N2O4/c1-9(10-4-5-10)8-15-11-6-13(19-2)14(20-3)7-12(11)16(17)18/h6-7,9-10,15H,4-5,8H2,1-3H3. The van der Waals surface area contributed by atoms with Crippen LogP contribution in [0.3, 0.4) is 0 Å². The summed E-state index contributed by atoms with van der Waals surface area (Å²) in [6.45, 7) is 2.89. The number of hydrogen-bond acceptors (Lipinski definition) is 5. The molecule has 1 aromatic rings. The lowest BCUT2D eigenvalue weighted by Gasteiger charge is -2.15. The minimum atomic E-state index is -0.411. The Morgan fingerprint density at radius 1 is 1.35 bits per heavy atom. The Kier molecular flexibility index (Phi) is 4.32. The molecule has 1 unspecified atom stereocenters. The first-order valence-corrected chi connectivity index (χ1v) is 6.71. The smallest absolute Gasteiger partial charge is 0.296 e. The molecule has 0 amide bonds. The van der Waals surface area contributed by atoms with Crippen LogP contribution in [-0.2, 0) is 0 Å². The summed E-state index contributed by atoms with van der Waals surface area (Å²) in [6, 6.07) is 3.01. The highest BCUT2D eigenvalue weighted by atomic mass is 16.6. The van der Waals surface area contributed by atoms with Crippen LogP contribution in [0.2, 0.25) is 0 Å². The molecule has 1 aliphatic carbocycles. The molecule has 0 aliphatic heterocycles. The van der Waals surface area contributed by atoms with Crippen LogP contribution in [0.4, 0.5) is 11.4 Å². The molecule has 2 rings (SSSR count). The van der Waals surface area contributed by atoms with Crippen LogP contribution in [-0.4, -0.2) is 25.7 Å². The van der Waals surface area contributed by atoms with Gasteiger partial charge < -0.3 is 14.8 Å². The molecular formula is C14H20N2O4. The Hall–Kier alpha value is -1.98. The topological polar surface area (TPSA) is 73.6 Å². The summed E-state index contributed by atoms with van der Waals surface area (Å²) in [5, 5.41) is 14.3. The third-order valence-electron chi connectivity index (χ3n) is 3.74. The summed E-state index contributed by atoms with van der Waals surface area (Å²) < 4.78 is 10.3. The summed E-state index contributed by atoms with van der Waals surface area (Å²) in [5.41, 5.74) is 0.478. The highest BCUT2D eigenvalue weighted by Gasteiger charge is 2.28. The van der Waals surface area contributed by atoms with Gasteiger partial charge in [0, 0.05) is 12.6 Å². The zero-order valence-electron chi connectivity index (χ0n) is 12.0. The van der Waals surface area contributed by atoms with Gasteiger partial charge in [-0.3, -0.25) is 10.1 Å². The number of hydrogen-bond donors (Lipinski definition) is 1. The lowest BCUT2D eigenvalue weighted by atomic mass is 10.1. The van der Waals surface area contributed by atoms with E-state index in [1.807, 2.05) is 0 Å². The van der Waals surface area contributed by atoms with E-state index in [1.54, 1.807) is 6.07 Å². The number of nitrogens with zero attached hydrogens (tertiary/aromatic N) is 1. The van der Waals surface area contributed by atoms with E-state index in [1.165, 1.54) is 33.1 Å². The lowest BCUT2D eigenvalue weighted by Crippen LogP contribution is -2.14. The zero-order chi connectivity index (χ0) is 14.7. The van der Waals surface area contributed by atoms with E-state index in [0.29, 0.717) is 23.1 Å². The van der Waals surface area contributed by atoms with E-state index in [-0.39, 0.29) is 5.69 Å². The molecule has 1 atom stereocenters. The van der Waals surface area contributed by atoms with Crippen LogP contribution in [0.1, 0.15) is 19.8 Å². The van der Waals surface area contributed by atoms with Crippen molar-refractivity contribution in [3.63, 3.8) is 0 Å². The molecule has 0 aromatic heterocycles. The fraction of sp³-hybridized carbons (Fsp3) is 0.571. The maximum absolute atomic E-state index is 11.1. The minimum absolute atomic E-state index is 0.00523. The molecule has 6 nitrogen and oxygen atoms in total. The molecule has 0 bridgehead atoms. The fourth-order valence-corrected chi connectivity index (χ4v) is 2.26. The summed E-state index contributed by atoms with van der Waals surface area (Å²) in [5.74, 6) is 2.11. The van der Waals surface area contributed by atoms with Gasteiger partial charge in [0.25, 0.3) is 5.69 Å². The number of benzene rings is 1. The Morgan fingerprint density at radius 3 is 2.45 bits per heavy atom. The number of methoxy groups -OCH3 is 2. The van der Waals surface area contributed by atoms with Gasteiger partial charge >= 0.3 is 0 Å². The van der Waals surface area contributed by atoms with Crippen LogP contribution < -0.4 is 14.8 Å². The molecule has 0 radical (unpaired) electrons. The van der Waals surface area contributed by atoms with Gasteiger partial charge in [0.05, 0.1) is 25.2 Å². The summed E-state index contributed by atoms with van der Waals surface area (Å²) in [7, 11) is 2.98. The highest BCUT2D eigenvalue weighted by Crippen LogP contribution is 2.39. The van der Waals surface area contributed by atoms with Crippen molar-refractivity contribution in [3.8, 4) is 11.5 Å². The molecule has 0 spiro atoms. The molecule has 110 valence electrons. The van der Waals surface area contributed by atoms with Crippen LogP contribution >= 0.6 is 0 Å². The van der Waals surface area contributed by atoms with Crippen molar-refractivity contribution in [2.75, 3.05) is 26.1 Å². The van der Waals surface area contributed by atoms with E-state index in [9.17, 15) is 10.1 Å². The maximum atomic E-state index is 11.1. The van der Waals surface area contributed by atoms with Crippen molar-refractivity contribution in [2.45, 2.75) is 19.8 Å². The molecule has 1 aromatic carbocycles. The van der Waals surface area contributed by atoms with E-state index in [0.717, 1.165) is 12.5 Å². The quantitative estimate of drug-likeness (QED) is 0.613. The largest absolute Gasteiger partial charge is 0.493 e. The monoisotopic (exact) mass is 280 g/mol. The van der Waals surface area contributed by atoms with Gasteiger partial charge in [-0.15, -0.1) is 0 Å². The van der Waals surface area contributed by atoms with Crippen LogP contribution in [0.5, 0.6) is 11.5 Å². The molecule has 20 heavy (non-hydrogen) atoms. The van der Waals surface area contributed by atoms with E-state index in [4.69, 9.17) is 9.47 Å². The first-order valence-electron chi connectivity index (χ1n) is 6.71. The minimum Gasteiger partial charge on any atom is -0.493 e. The van der Waals surface area contributed by atoms with E-state index in [2.05, 4.69) is 12.2 Å². The normalized spacial score (nSPS) is 15.6. The van der Waals surface area contributed by atoms with Gasteiger partial charge in [-0.2, -0.15) is 0 Å². The predicted molar refractivity (Wildman–Crippen MR) is 76.6 cm³/mol. The van der Waals surface area contributed by atoms with Crippen LogP contribution in [0, 0.1) is 22.0 Å². The van der Waals surface area contributed by atoms with Gasteiger partial charge in [0.2, 0.25) is 0 Å². The summed E-state index contributed by atoms with van der Waals surface area (Å²) in [6.07, 6.45) is 2.52. The van der Waals surface area contributed by atoms with Gasteiger partial charge in [-0.05, 0) is 24.7 Å². The van der Waals surface area contributed by atoms with Gasteiger partial charge in [-0.25, -0.2) is 0 Å². The SMILES string of the molecule is COc1cc(NCC(C)C2CC2)c([N+](=O)[O-])cc1OC. The molecule has 1 fully saturated rings. The molecule has 0 saturated heterocycles. The van der Waals surface area contributed by atoms with Gasteiger partial charge in [0.1, 0.15) is 5.69 Å². The number of ether oxygens (including phenoxy) is 2. The van der Waals surface area contributed by atoms with Crippen molar-refractivity contribution in [1.29, 1.82) is 0 Å². The Labute approximate surface area is 118 Å². The molecule has 1 aliphatic rings. The van der Waals surface area contributed by atoms with E-state index < -0.39 is 4.92 Å². The second kappa shape index (κ2) is 5.98. The number of rotatable bonds is 7. The van der Waals surface area contributed by atoms with Crippen molar-refractivity contribution in [3.05, 3.63) is 22.2 Å². The Morgan fingerprint density at radius 2 is 1.95 bits per heavy atom. The number of nitrogens with one attached hydrogen (secondary N) is 1. The lowest BCUT2D eigenvalue weighted by molar-refractivity contribution is -0.384. The fourth-order valence-electron chi connectivity index (χ4n) is 2.26. The first kappa shape index (κ1) is 14.4. The van der Waals surface area contributed by atoms with Gasteiger partial charge in [0.15, 0.2) is 11.5 Å². The van der Waals surface area contributed by atoms with Crippen molar-refractivity contribution < 1.29 is 14.4 Å².